The number of hydrogen-bond acceptors (Lipinski definition) is 6. The highest BCUT2D eigenvalue weighted by atomic mass is 32.2. The molecule has 1 aliphatic heterocycles. The van der Waals surface area contributed by atoms with Crippen LogP contribution >= 0.6 is 11.8 Å². The Labute approximate surface area is 107 Å². The van der Waals surface area contributed by atoms with Crippen LogP contribution in [0.25, 0.3) is 0 Å². The topological polar surface area (TPSA) is 106 Å². The molecule has 0 aromatic carbocycles. The van der Waals surface area contributed by atoms with Crippen molar-refractivity contribution in [1.82, 2.24) is 5.32 Å². The van der Waals surface area contributed by atoms with Crippen molar-refractivity contribution >= 4 is 23.6 Å². The quantitative estimate of drug-likeness (QED) is 0.635. The van der Waals surface area contributed by atoms with E-state index in [0.29, 0.717) is 6.54 Å². The van der Waals surface area contributed by atoms with Crippen molar-refractivity contribution in [2.45, 2.75) is 23.5 Å². The zero-order valence-electron chi connectivity index (χ0n) is 9.80. The molecule has 0 radical (unpaired) electrons. The monoisotopic (exact) mass is 272 g/mol. The molecule has 2 heterocycles. The predicted molar refractivity (Wildman–Crippen MR) is 64.3 cm³/mol. The second-order valence-electron chi connectivity index (χ2n) is 4.60. The van der Waals surface area contributed by atoms with Crippen LogP contribution in [0.15, 0.2) is 16.5 Å². The Morgan fingerprint density at radius 3 is 2.67 bits per heavy atom. The molecule has 0 bridgehead atoms. The Kier molecular flexibility index (Phi) is 2.86. The van der Waals surface area contributed by atoms with Crippen LogP contribution in [0.5, 0.6) is 0 Å². The van der Waals surface area contributed by atoms with Gasteiger partial charge in [0.15, 0.2) is 5.76 Å². The molecular weight excluding hydrogens is 260 g/mol. The smallest absolute Gasteiger partial charge is 0.433 e. The summed E-state index contributed by atoms with van der Waals surface area (Å²) in [6.45, 7) is 4.26. The number of thioether (sulfide) groups is 1. The van der Waals surface area contributed by atoms with Gasteiger partial charge < -0.3 is 9.52 Å². The largest absolute Gasteiger partial charge is 0.479 e. The number of aliphatic carboxylic acids is 1. The molecule has 1 saturated heterocycles. The van der Waals surface area contributed by atoms with Crippen LogP contribution < -0.4 is 5.32 Å². The van der Waals surface area contributed by atoms with Crippen LogP contribution in [0.1, 0.15) is 19.6 Å². The molecule has 7 nitrogen and oxygen atoms in total. The van der Waals surface area contributed by atoms with Crippen LogP contribution in [0.2, 0.25) is 0 Å². The van der Waals surface area contributed by atoms with E-state index in [4.69, 9.17) is 4.42 Å². The fraction of sp³-hybridized carbons (Fsp3) is 0.500. The van der Waals surface area contributed by atoms with E-state index in [1.807, 2.05) is 13.8 Å². The second kappa shape index (κ2) is 3.99. The van der Waals surface area contributed by atoms with E-state index < -0.39 is 21.6 Å². The van der Waals surface area contributed by atoms with E-state index in [1.165, 1.54) is 17.8 Å². The first-order valence-electron chi connectivity index (χ1n) is 5.20. The van der Waals surface area contributed by atoms with Crippen molar-refractivity contribution in [3.8, 4) is 0 Å². The molecule has 2 N–H and O–H groups in total. The third-order valence-electron chi connectivity index (χ3n) is 2.61. The van der Waals surface area contributed by atoms with Gasteiger partial charge in [0.1, 0.15) is 4.92 Å². The molecule has 1 aromatic rings. The molecule has 1 fully saturated rings. The van der Waals surface area contributed by atoms with Gasteiger partial charge in [-0.05, 0) is 19.9 Å². The normalized spacial score (nSPS) is 26.1. The Morgan fingerprint density at radius 1 is 1.61 bits per heavy atom. The summed E-state index contributed by atoms with van der Waals surface area (Å²) in [5, 5.41) is 22.8. The zero-order chi connectivity index (χ0) is 13.6. The molecule has 1 aromatic heterocycles. The fourth-order valence-corrected chi connectivity index (χ4v) is 3.22. The number of nitrogens with one attached hydrogen (secondary N) is 1. The minimum atomic E-state index is -1.46. The number of hydrogen-bond donors (Lipinski definition) is 2. The van der Waals surface area contributed by atoms with Crippen LogP contribution in [0.3, 0.4) is 0 Å². The van der Waals surface area contributed by atoms with Gasteiger partial charge in [0.2, 0.25) is 4.87 Å². The van der Waals surface area contributed by atoms with Crippen LogP contribution in [-0.4, -0.2) is 27.3 Å². The third kappa shape index (κ3) is 1.97. The van der Waals surface area contributed by atoms with Crippen molar-refractivity contribution in [3.05, 3.63) is 28.0 Å². The molecule has 0 amide bonds. The molecule has 1 atom stereocenters. The zero-order valence-corrected chi connectivity index (χ0v) is 10.6. The van der Waals surface area contributed by atoms with Gasteiger partial charge in [0, 0.05) is 11.3 Å². The average molecular weight is 272 g/mol. The van der Waals surface area contributed by atoms with E-state index in [2.05, 4.69) is 5.32 Å². The number of nitro groups is 1. The van der Waals surface area contributed by atoms with Crippen LogP contribution in [0.4, 0.5) is 5.88 Å². The van der Waals surface area contributed by atoms with Crippen molar-refractivity contribution in [3.63, 3.8) is 0 Å². The number of carbonyl (C=O) groups is 1. The van der Waals surface area contributed by atoms with Gasteiger partial charge in [-0.2, -0.15) is 0 Å². The van der Waals surface area contributed by atoms with Gasteiger partial charge >= 0.3 is 11.9 Å². The molecule has 0 saturated carbocycles. The molecule has 1 unspecified atom stereocenters. The molecule has 0 spiro atoms. The maximum Gasteiger partial charge on any atom is 0.433 e. The Bertz CT molecular complexity index is 512. The summed E-state index contributed by atoms with van der Waals surface area (Å²) >= 11 is 1.17. The number of carboxylic acids is 1. The SMILES string of the molecule is CC1(C)CNC(C(=O)O)(c2ccc([N+](=O)[O-])o2)S1. The van der Waals surface area contributed by atoms with Gasteiger partial charge in [-0.15, -0.1) is 11.8 Å². The summed E-state index contributed by atoms with van der Waals surface area (Å²) in [7, 11) is 0. The van der Waals surface area contributed by atoms with Gasteiger partial charge in [-0.3, -0.25) is 15.4 Å². The van der Waals surface area contributed by atoms with Gasteiger partial charge in [-0.1, -0.05) is 0 Å². The average Bonchev–Trinajstić information content (AvgIpc) is 2.82. The lowest BCUT2D eigenvalue weighted by atomic mass is 10.2. The summed E-state index contributed by atoms with van der Waals surface area (Å²) in [5.74, 6) is -1.54. The van der Waals surface area contributed by atoms with Gasteiger partial charge in [0.05, 0.1) is 6.07 Å². The summed E-state index contributed by atoms with van der Waals surface area (Å²) in [4.78, 5) is 19.9. The highest BCUT2D eigenvalue weighted by molar-refractivity contribution is 8.02. The summed E-state index contributed by atoms with van der Waals surface area (Å²) in [5.41, 5.74) is 0. The Hall–Kier alpha value is -1.54. The summed E-state index contributed by atoms with van der Waals surface area (Å²) in [6.07, 6.45) is 0. The first kappa shape index (κ1) is 12.9. The van der Waals surface area contributed by atoms with Gasteiger partial charge in [-0.25, -0.2) is 4.79 Å². The molecule has 98 valence electrons. The Balaban J connectivity index is 2.43. The van der Waals surface area contributed by atoms with E-state index in [9.17, 15) is 20.0 Å². The standard InChI is InChI=1S/C10H12N2O5S/c1-9(2)5-11-10(18-9,8(13)14)6-3-4-7(17-6)12(15)16/h3-4,11H,5H2,1-2H3,(H,13,14). The fourth-order valence-electron chi connectivity index (χ4n) is 1.80. The molecule has 18 heavy (non-hydrogen) atoms. The minimum Gasteiger partial charge on any atom is -0.479 e. The number of carboxylic acid groups (broad SMARTS) is 1. The highest BCUT2D eigenvalue weighted by Gasteiger charge is 2.53. The summed E-state index contributed by atoms with van der Waals surface area (Å²) in [6, 6.07) is 2.49. The van der Waals surface area contributed by atoms with E-state index in [1.54, 1.807) is 0 Å². The molecule has 2 rings (SSSR count). The predicted octanol–water partition coefficient (Wildman–Crippen LogP) is 1.54. The van der Waals surface area contributed by atoms with Crippen molar-refractivity contribution < 1.29 is 19.2 Å². The van der Waals surface area contributed by atoms with E-state index in [-0.39, 0.29) is 10.5 Å². The number of furan rings is 1. The van der Waals surface area contributed by atoms with Crippen molar-refractivity contribution in [2.75, 3.05) is 6.54 Å². The summed E-state index contributed by atoms with van der Waals surface area (Å²) < 4.78 is 4.73. The van der Waals surface area contributed by atoms with Crippen LogP contribution in [0, 0.1) is 10.1 Å². The number of rotatable bonds is 3. The molecular formula is C10H12N2O5S. The van der Waals surface area contributed by atoms with E-state index >= 15 is 0 Å². The first-order chi connectivity index (χ1) is 8.27. The Morgan fingerprint density at radius 2 is 2.28 bits per heavy atom. The molecule has 0 aliphatic carbocycles. The minimum absolute atomic E-state index is 0.0391. The van der Waals surface area contributed by atoms with E-state index in [0.717, 1.165) is 6.07 Å². The lowest BCUT2D eigenvalue weighted by Crippen LogP contribution is -2.42. The maximum atomic E-state index is 11.5. The lowest BCUT2D eigenvalue weighted by Gasteiger charge is -2.22. The van der Waals surface area contributed by atoms with Crippen molar-refractivity contribution in [2.24, 2.45) is 0 Å². The maximum absolute atomic E-state index is 11.5. The van der Waals surface area contributed by atoms with Gasteiger partial charge in [0.25, 0.3) is 0 Å². The first-order valence-corrected chi connectivity index (χ1v) is 6.02. The highest BCUT2D eigenvalue weighted by Crippen LogP contribution is 2.48. The third-order valence-corrected chi connectivity index (χ3v) is 4.14. The molecule has 1 aliphatic rings. The number of nitrogens with zero attached hydrogens (tertiary/aromatic N) is 1. The second-order valence-corrected chi connectivity index (χ2v) is 6.52. The lowest BCUT2D eigenvalue weighted by molar-refractivity contribution is -0.402. The molecule has 8 heteroatoms. The van der Waals surface area contributed by atoms with Crippen LogP contribution in [-0.2, 0) is 9.67 Å². The van der Waals surface area contributed by atoms with Crippen molar-refractivity contribution in [1.29, 1.82) is 0 Å².